The Morgan fingerprint density at radius 2 is 2.00 bits per heavy atom. The Bertz CT molecular complexity index is 567. The first-order valence-electron chi connectivity index (χ1n) is 5.79. The lowest BCUT2D eigenvalue weighted by Crippen LogP contribution is -2.15. The topological polar surface area (TPSA) is 112 Å². The lowest BCUT2D eigenvalue weighted by Gasteiger charge is -2.14. The number of carbonyl (C=O) groups excluding carboxylic acids is 1. The fourth-order valence-corrected chi connectivity index (χ4v) is 2.10. The Hall–Kier alpha value is -1.60. The molecule has 0 fully saturated rings. The van der Waals surface area contributed by atoms with Crippen LogP contribution in [0.4, 0.5) is 0 Å². The van der Waals surface area contributed by atoms with Crippen LogP contribution in [-0.2, 0) is 14.8 Å². The normalized spacial score (nSPS) is 11.6. The summed E-state index contributed by atoms with van der Waals surface area (Å²) in [6, 6.07) is 4.40. The molecule has 0 saturated carbocycles. The second-order valence-electron chi connectivity index (χ2n) is 4.46. The van der Waals surface area contributed by atoms with Gasteiger partial charge in [0.05, 0.1) is 17.9 Å². The third kappa shape index (κ3) is 4.53. The minimum Gasteiger partial charge on any atom is -0.493 e. The molecule has 0 aromatic heterocycles. The minimum atomic E-state index is -3.74. The molecule has 0 aliphatic rings. The average Bonchev–Trinajstić information content (AvgIpc) is 2.27. The van der Waals surface area contributed by atoms with Gasteiger partial charge in [-0.1, -0.05) is 13.8 Å². The van der Waals surface area contributed by atoms with Crippen LogP contribution in [0.3, 0.4) is 0 Å². The number of hydrogen-bond donors (Lipinski definition) is 2. The van der Waals surface area contributed by atoms with Crippen molar-refractivity contribution in [2.75, 3.05) is 6.61 Å². The third-order valence-corrected chi connectivity index (χ3v) is 3.45. The Balaban J connectivity index is 3.02. The van der Waals surface area contributed by atoms with E-state index < -0.39 is 15.9 Å². The van der Waals surface area contributed by atoms with Crippen molar-refractivity contribution in [1.29, 1.82) is 0 Å². The summed E-state index contributed by atoms with van der Waals surface area (Å²) in [6.45, 7) is 3.97. The molecule has 106 valence electrons. The van der Waals surface area contributed by atoms with Gasteiger partial charge >= 0.3 is 0 Å². The van der Waals surface area contributed by atoms with E-state index in [2.05, 4.69) is 0 Å². The van der Waals surface area contributed by atoms with Crippen LogP contribution in [-0.4, -0.2) is 20.9 Å². The molecule has 1 aromatic rings. The maximum Gasteiger partial charge on any atom is 0.238 e. The monoisotopic (exact) mass is 286 g/mol. The van der Waals surface area contributed by atoms with Crippen molar-refractivity contribution >= 4 is 15.9 Å². The van der Waals surface area contributed by atoms with Crippen LogP contribution in [0.25, 0.3) is 0 Å². The molecule has 0 radical (unpaired) electrons. The van der Waals surface area contributed by atoms with Gasteiger partial charge in [0.1, 0.15) is 5.75 Å². The van der Waals surface area contributed by atoms with E-state index >= 15 is 0 Å². The van der Waals surface area contributed by atoms with Gasteiger partial charge in [-0.25, -0.2) is 13.6 Å². The summed E-state index contributed by atoms with van der Waals surface area (Å²) in [5.41, 5.74) is 5.74. The maximum atomic E-state index is 11.3. The molecule has 4 N–H and O–H groups in total. The molecule has 1 amide bonds. The second kappa shape index (κ2) is 6.03. The highest BCUT2D eigenvalue weighted by atomic mass is 32.2. The average molecular weight is 286 g/mol. The first kappa shape index (κ1) is 15.5. The summed E-state index contributed by atoms with van der Waals surface area (Å²) in [5.74, 6) is 0.140. The van der Waals surface area contributed by atoms with Crippen molar-refractivity contribution < 1.29 is 17.9 Å². The van der Waals surface area contributed by atoms with Gasteiger partial charge in [-0.3, -0.25) is 4.79 Å². The van der Waals surface area contributed by atoms with Crippen LogP contribution >= 0.6 is 0 Å². The number of carbonyl (C=O) groups is 1. The first-order chi connectivity index (χ1) is 8.71. The van der Waals surface area contributed by atoms with Crippen molar-refractivity contribution in [2.45, 2.75) is 31.1 Å². The molecular weight excluding hydrogens is 268 g/mol. The number of amides is 1. The summed E-state index contributed by atoms with van der Waals surface area (Å²) >= 11 is 0. The van der Waals surface area contributed by atoms with Crippen molar-refractivity contribution in [3.8, 4) is 5.75 Å². The van der Waals surface area contributed by atoms with Crippen molar-refractivity contribution in [3.63, 3.8) is 0 Å². The highest BCUT2D eigenvalue weighted by Crippen LogP contribution is 2.28. The van der Waals surface area contributed by atoms with E-state index in [9.17, 15) is 13.2 Å². The number of rotatable bonds is 6. The maximum absolute atomic E-state index is 11.3. The number of primary amides is 1. The first-order valence-corrected chi connectivity index (χ1v) is 7.34. The van der Waals surface area contributed by atoms with Crippen LogP contribution in [0.5, 0.6) is 5.75 Å². The minimum absolute atomic E-state index is 0.0402. The molecule has 0 bridgehead atoms. The van der Waals surface area contributed by atoms with E-state index in [1.54, 1.807) is 0 Å². The molecule has 19 heavy (non-hydrogen) atoms. The van der Waals surface area contributed by atoms with Crippen molar-refractivity contribution in [2.24, 2.45) is 10.9 Å². The summed E-state index contributed by atoms with van der Waals surface area (Å²) in [5, 5.41) is 5.09. The molecule has 1 aromatic carbocycles. The van der Waals surface area contributed by atoms with Gasteiger partial charge in [0.2, 0.25) is 15.9 Å². The molecule has 6 nitrogen and oxygen atoms in total. The summed E-state index contributed by atoms with van der Waals surface area (Å²) < 4.78 is 28.0. The molecule has 1 rings (SSSR count). The SMILES string of the molecule is CC(C)c1cc(S(N)(=O)=O)ccc1OCCC(N)=O. The van der Waals surface area contributed by atoms with Crippen molar-refractivity contribution in [3.05, 3.63) is 23.8 Å². The summed E-state index contributed by atoms with van der Waals surface area (Å²) in [4.78, 5) is 10.7. The number of sulfonamides is 1. The fourth-order valence-electron chi connectivity index (χ4n) is 1.55. The Morgan fingerprint density at radius 1 is 1.37 bits per heavy atom. The van der Waals surface area contributed by atoms with E-state index in [0.29, 0.717) is 5.75 Å². The number of ether oxygens (including phenoxy) is 1. The molecule has 0 spiro atoms. The quantitative estimate of drug-likeness (QED) is 0.801. The predicted octanol–water partition coefficient (Wildman–Crippen LogP) is 0.712. The van der Waals surface area contributed by atoms with Crippen LogP contribution in [0, 0.1) is 0 Å². The highest BCUT2D eigenvalue weighted by molar-refractivity contribution is 7.89. The van der Waals surface area contributed by atoms with Gasteiger partial charge in [-0.15, -0.1) is 0 Å². The molecule has 0 unspecified atom stereocenters. The number of primary sulfonamides is 1. The van der Waals surface area contributed by atoms with Gasteiger partial charge < -0.3 is 10.5 Å². The van der Waals surface area contributed by atoms with Crippen LogP contribution in [0.1, 0.15) is 31.7 Å². The second-order valence-corrected chi connectivity index (χ2v) is 6.03. The number of benzene rings is 1. The van der Waals surface area contributed by atoms with E-state index in [1.165, 1.54) is 18.2 Å². The number of nitrogens with two attached hydrogens (primary N) is 2. The van der Waals surface area contributed by atoms with Gasteiger partial charge in [0, 0.05) is 0 Å². The Morgan fingerprint density at radius 3 is 2.47 bits per heavy atom. The van der Waals surface area contributed by atoms with Crippen molar-refractivity contribution in [1.82, 2.24) is 0 Å². The van der Waals surface area contributed by atoms with Crippen LogP contribution < -0.4 is 15.6 Å². The Kier molecular flexibility index (Phi) is 4.90. The van der Waals surface area contributed by atoms with E-state index in [4.69, 9.17) is 15.6 Å². The molecule has 0 atom stereocenters. The predicted molar refractivity (Wildman–Crippen MR) is 71.2 cm³/mol. The fraction of sp³-hybridized carbons (Fsp3) is 0.417. The molecule has 0 heterocycles. The zero-order valence-corrected chi connectivity index (χ0v) is 11.7. The van der Waals surface area contributed by atoms with Crippen LogP contribution in [0.15, 0.2) is 23.1 Å². The molecule has 0 aliphatic heterocycles. The number of hydrogen-bond acceptors (Lipinski definition) is 4. The molecule has 7 heteroatoms. The van der Waals surface area contributed by atoms with Gasteiger partial charge in [-0.2, -0.15) is 0 Å². The zero-order chi connectivity index (χ0) is 14.6. The highest BCUT2D eigenvalue weighted by Gasteiger charge is 2.14. The van der Waals surface area contributed by atoms with E-state index in [0.717, 1.165) is 5.56 Å². The van der Waals surface area contributed by atoms with Crippen LogP contribution in [0.2, 0.25) is 0 Å². The summed E-state index contributed by atoms with van der Waals surface area (Å²) in [6.07, 6.45) is 0.106. The zero-order valence-electron chi connectivity index (χ0n) is 10.9. The summed E-state index contributed by atoms with van der Waals surface area (Å²) in [7, 11) is -3.74. The standard InChI is InChI=1S/C12H18N2O4S/c1-8(2)10-7-9(19(14,16)17)3-4-11(10)18-6-5-12(13)15/h3-4,7-8H,5-6H2,1-2H3,(H2,13,15)(H2,14,16,17). The van der Waals surface area contributed by atoms with E-state index in [1.807, 2.05) is 13.8 Å². The molecule has 0 aliphatic carbocycles. The van der Waals surface area contributed by atoms with E-state index in [-0.39, 0.29) is 23.8 Å². The largest absolute Gasteiger partial charge is 0.493 e. The van der Waals surface area contributed by atoms with Gasteiger partial charge in [-0.05, 0) is 29.7 Å². The smallest absolute Gasteiger partial charge is 0.238 e. The Labute approximate surface area is 112 Å². The molecule has 0 saturated heterocycles. The molecular formula is C12H18N2O4S. The van der Waals surface area contributed by atoms with Gasteiger partial charge in [0.15, 0.2) is 0 Å². The third-order valence-electron chi connectivity index (χ3n) is 2.54. The lowest BCUT2D eigenvalue weighted by molar-refractivity contribution is -0.118. The van der Waals surface area contributed by atoms with Gasteiger partial charge in [0.25, 0.3) is 0 Å². The lowest BCUT2D eigenvalue weighted by atomic mass is 10.0.